The number of benzene rings is 2. The molecule has 2 rings (SSSR count). The van der Waals surface area contributed by atoms with Crippen LogP contribution in [0.25, 0.3) is 0 Å². The Labute approximate surface area is 134 Å². The summed E-state index contributed by atoms with van der Waals surface area (Å²) < 4.78 is 0. The Kier molecular flexibility index (Phi) is 5.48. The molecule has 0 radical (unpaired) electrons. The fraction of sp³-hybridized carbons (Fsp3) is 0.188. The van der Waals surface area contributed by atoms with Crippen molar-refractivity contribution in [1.82, 2.24) is 0 Å². The van der Waals surface area contributed by atoms with Gasteiger partial charge in [0.1, 0.15) is 0 Å². The Morgan fingerprint density at radius 3 is 2.43 bits per heavy atom. The topological polar surface area (TPSA) is 41.1 Å². The Morgan fingerprint density at radius 2 is 1.76 bits per heavy atom. The van der Waals surface area contributed by atoms with E-state index in [1.165, 1.54) is 5.56 Å². The molecule has 0 fully saturated rings. The van der Waals surface area contributed by atoms with Gasteiger partial charge in [-0.2, -0.15) is 0 Å². The van der Waals surface area contributed by atoms with Gasteiger partial charge in [-0.05, 0) is 42.8 Å². The van der Waals surface area contributed by atoms with Crippen molar-refractivity contribution in [1.29, 1.82) is 0 Å². The number of anilines is 2. The van der Waals surface area contributed by atoms with Gasteiger partial charge in [-0.15, -0.1) is 0 Å². The third kappa shape index (κ3) is 5.29. The Balaban J connectivity index is 1.82. The van der Waals surface area contributed by atoms with Crippen molar-refractivity contribution in [2.24, 2.45) is 0 Å². The van der Waals surface area contributed by atoms with Crippen molar-refractivity contribution in [3.63, 3.8) is 0 Å². The average Bonchev–Trinajstić information content (AvgIpc) is 2.37. The summed E-state index contributed by atoms with van der Waals surface area (Å²) in [6.07, 6.45) is 0.359. The number of halogens is 2. The second-order valence-corrected chi connectivity index (χ2v) is 5.63. The number of nitrogens with one attached hydrogen (secondary N) is 2. The van der Waals surface area contributed by atoms with Gasteiger partial charge in [0.2, 0.25) is 5.91 Å². The SMILES string of the molecule is Cc1cccc(NCCC(=O)Nc2cc(Cl)cc(Cl)c2)c1. The zero-order valence-electron chi connectivity index (χ0n) is 11.6. The first-order valence-corrected chi connectivity index (χ1v) is 7.35. The molecule has 2 N–H and O–H groups in total. The van der Waals surface area contributed by atoms with Gasteiger partial charge < -0.3 is 10.6 Å². The van der Waals surface area contributed by atoms with Gasteiger partial charge in [0.15, 0.2) is 0 Å². The minimum atomic E-state index is -0.0894. The zero-order chi connectivity index (χ0) is 15.2. The van der Waals surface area contributed by atoms with Crippen LogP contribution in [-0.4, -0.2) is 12.5 Å². The Hall–Kier alpha value is -1.71. The summed E-state index contributed by atoms with van der Waals surface area (Å²) in [6, 6.07) is 13.0. The lowest BCUT2D eigenvalue weighted by Gasteiger charge is -2.08. The molecule has 0 saturated carbocycles. The largest absolute Gasteiger partial charge is 0.385 e. The first-order valence-electron chi connectivity index (χ1n) is 6.59. The number of rotatable bonds is 5. The van der Waals surface area contributed by atoms with E-state index < -0.39 is 0 Å². The van der Waals surface area contributed by atoms with Gasteiger partial charge in [-0.3, -0.25) is 4.79 Å². The molecule has 1 amide bonds. The first kappa shape index (κ1) is 15.7. The van der Waals surface area contributed by atoms with E-state index in [1.807, 2.05) is 31.2 Å². The van der Waals surface area contributed by atoms with E-state index in [1.54, 1.807) is 18.2 Å². The van der Waals surface area contributed by atoms with Gasteiger partial charge in [0, 0.05) is 34.4 Å². The summed E-state index contributed by atoms with van der Waals surface area (Å²) in [5.41, 5.74) is 2.79. The van der Waals surface area contributed by atoms with Crippen LogP contribution in [0.5, 0.6) is 0 Å². The smallest absolute Gasteiger partial charge is 0.226 e. The summed E-state index contributed by atoms with van der Waals surface area (Å²) in [5, 5.41) is 6.98. The van der Waals surface area contributed by atoms with E-state index >= 15 is 0 Å². The van der Waals surface area contributed by atoms with Gasteiger partial charge in [0.05, 0.1) is 0 Å². The molecule has 0 aliphatic carbocycles. The highest BCUT2D eigenvalue weighted by Crippen LogP contribution is 2.22. The molecular weight excluding hydrogens is 307 g/mol. The number of aryl methyl sites for hydroxylation is 1. The molecule has 0 saturated heterocycles. The molecule has 21 heavy (non-hydrogen) atoms. The molecule has 0 aliphatic rings. The molecule has 0 spiro atoms. The number of carbonyl (C=O) groups excluding carboxylic acids is 1. The van der Waals surface area contributed by atoms with Crippen LogP contribution in [-0.2, 0) is 4.79 Å². The fourth-order valence-electron chi connectivity index (χ4n) is 1.92. The molecule has 0 bridgehead atoms. The maximum Gasteiger partial charge on any atom is 0.226 e. The van der Waals surface area contributed by atoms with Crippen LogP contribution in [0, 0.1) is 6.92 Å². The first-order chi connectivity index (χ1) is 10.0. The predicted molar refractivity (Wildman–Crippen MR) is 89.4 cm³/mol. The van der Waals surface area contributed by atoms with E-state index in [2.05, 4.69) is 10.6 Å². The average molecular weight is 323 g/mol. The lowest BCUT2D eigenvalue weighted by Crippen LogP contribution is -2.16. The summed E-state index contributed by atoms with van der Waals surface area (Å²) in [6.45, 7) is 2.59. The van der Waals surface area contributed by atoms with Crippen LogP contribution in [0.2, 0.25) is 10.0 Å². The molecule has 0 aliphatic heterocycles. The fourth-order valence-corrected chi connectivity index (χ4v) is 2.45. The lowest BCUT2D eigenvalue weighted by molar-refractivity contribution is -0.115. The van der Waals surface area contributed by atoms with Crippen molar-refractivity contribution in [3.8, 4) is 0 Å². The number of carbonyl (C=O) groups is 1. The van der Waals surface area contributed by atoms with Crippen LogP contribution in [0.3, 0.4) is 0 Å². The Bertz CT molecular complexity index is 624. The summed E-state index contributed by atoms with van der Waals surface area (Å²) in [4.78, 5) is 11.9. The third-order valence-electron chi connectivity index (χ3n) is 2.85. The molecule has 110 valence electrons. The molecule has 0 heterocycles. The Morgan fingerprint density at radius 1 is 1.05 bits per heavy atom. The maximum absolute atomic E-state index is 11.9. The van der Waals surface area contributed by atoms with Gasteiger partial charge in [0.25, 0.3) is 0 Å². The van der Waals surface area contributed by atoms with Crippen molar-refractivity contribution in [2.75, 3.05) is 17.2 Å². The van der Waals surface area contributed by atoms with E-state index in [0.29, 0.717) is 28.7 Å². The van der Waals surface area contributed by atoms with E-state index in [4.69, 9.17) is 23.2 Å². The highest BCUT2D eigenvalue weighted by atomic mass is 35.5. The van der Waals surface area contributed by atoms with Gasteiger partial charge in [-0.1, -0.05) is 35.3 Å². The molecule has 0 unspecified atom stereocenters. The quantitative estimate of drug-likeness (QED) is 0.834. The molecule has 0 aromatic heterocycles. The minimum absolute atomic E-state index is 0.0894. The van der Waals surface area contributed by atoms with Gasteiger partial charge in [-0.25, -0.2) is 0 Å². The molecule has 2 aromatic rings. The van der Waals surface area contributed by atoms with Crippen molar-refractivity contribution in [3.05, 3.63) is 58.1 Å². The maximum atomic E-state index is 11.9. The van der Waals surface area contributed by atoms with Crippen LogP contribution >= 0.6 is 23.2 Å². The lowest BCUT2D eigenvalue weighted by atomic mass is 10.2. The van der Waals surface area contributed by atoms with E-state index in [0.717, 1.165) is 5.69 Å². The molecule has 5 heteroatoms. The highest BCUT2D eigenvalue weighted by Gasteiger charge is 2.04. The second-order valence-electron chi connectivity index (χ2n) is 4.75. The standard InChI is InChI=1S/C16H16Cl2N2O/c1-11-3-2-4-14(7-11)19-6-5-16(21)20-15-9-12(17)8-13(18)10-15/h2-4,7-10,19H,5-6H2,1H3,(H,20,21). The summed E-state index contributed by atoms with van der Waals surface area (Å²) in [7, 11) is 0. The monoisotopic (exact) mass is 322 g/mol. The van der Waals surface area contributed by atoms with Crippen LogP contribution in [0.15, 0.2) is 42.5 Å². The van der Waals surface area contributed by atoms with Crippen molar-refractivity contribution >= 4 is 40.5 Å². The highest BCUT2D eigenvalue weighted by molar-refractivity contribution is 6.35. The summed E-state index contributed by atoms with van der Waals surface area (Å²) >= 11 is 11.8. The van der Waals surface area contributed by atoms with E-state index in [-0.39, 0.29) is 5.91 Å². The van der Waals surface area contributed by atoms with Gasteiger partial charge >= 0.3 is 0 Å². The molecular formula is C16H16Cl2N2O. The summed E-state index contributed by atoms with van der Waals surface area (Å²) in [5.74, 6) is -0.0894. The third-order valence-corrected chi connectivity index (χ3v) is 3.28. The normalized spacial score (nSPS) is 10.2. The minimum Gasteiger partial charge on any atom is -0.385 e. The molecule has 0 atom stereocenters. The van der Waals surface area contributed by atoms with Crippen LogP contribution in [0.1, 0.15) is 12.0 Å². The van der Waals surface area contributed by atoms with E-state index in [9.17, 15) is 4.79 Å². The second kappa shape index (κ2) is 7.34. The zero-order valence-corrected chi connectivity index (χ0v) is 13.1. The van der Waals surface area contributed by atoms with Crippen molar-refractivity contribution in [2.45, 2.75) is 13.3 Å². The number of hydrogen-bond donors (Lipinski definition) is 2. The van der Waals surface area contributed by atoms with Crippen LogP contribution < -0.4 is 10.6 Å². The predicted octanol–water partition coefficient (Wildman–Crippen LogP) is 4.74. The molecule has 2 aromatic carbocycles. The number of hydrogen-bond acceptors (Lipinski definition) is 2. The van der Waals surface area contributed by atoms with Crippen LogP contribution in [0.4, 0.5) is 11.4 Å². The molecule has 3 nitrogen and oxygen atoms in total. The number of amides is 1. The van der Waals surface area contributed by atoms with Crippen molar-refractivity contribution < 1.29 is 4.79 Å².